The first-order valence-corrected chi connectivity index (χ1v) is 11.6. The summed E-state index contributed by atoms with van der Waals surface area (Å²) in [6.07, 6.45) is -0.485. The van der Waals surface area contributed by atoms with E-state index in [1.165, 1.54) is 17.7 Å². The Kier molecular flexibility index (Phi) is 6.30. The molecule has 0 fully saturated rings. The van der Waals surface area contributed by atoms with Crippen LogP contribution >= 0.6 is 0 Å². The molecule has 1 aromatic heterocycles. The summed E-state index contributed by atoms with van der Waals surface area (Å²) in [5.41, 5.74) is 4.40. The predicted octanol–water partition coefficient (Wildman–Crippen LogP) is 7.74. The van der Waals surface area contributed by atoms with E-state index in [-0.39, 0.29) is 28.8 Å². The molecular formula is C29H23N3O5. The highest BCUT2D eigenvalue weighted by Gasteiger charge is 2.18. The highest BCUT2D eigenvalue weighted by molar-refractivity contribution is 5.96. The molecule has 5 rings (SSSR count). The summed E-state index contributed by atoms with van der Waals surface area (Å²) < 4.78 is 6.36. The number of nitrogens with zero attached hydrogens (tertiary/aromatic N) is 3. The third kappa shape index (κ3) is 4.60. The third-order valence-electron chi connectivity index (χ3n) is 6.07. The van der Waals surface area contributed by atoms with E-state index in [1.807, 2.05) is 48.5 Å². The summed E-state index contributed by atoms with van der Waals surface area (Å²) in [4.78, 5) is 10.7. The first-order valence-electron chi connectivity index (χ1n) is 11.6. The van der Waals surface area contributed by atoms with Crippen LogP contribution in [0.15, 0.2) is 101 Å². The molecule has 4 aromatic carbocycles. The lowest BCUT2D eigenvalue weighted by Crippen LogP contribution is -2.02. The number of rotatable bonds is 6. The van der Waals surface area contributed by atoms with Crippen LogP contribution in [0.25, 0.3) is 27.7 Å². The minimum Gasteiger partial charge on any atom is -0.505 e. The normalized spacial score (nSPS) is 11.3. The van der Waals surface area contributed by atoms with Crippen molar-refractivity contribution in [3.05, 3.63) is 96.6 Å². The summed E-state index contributed by atoms with van der Waals surface area (Å²) in [6.45, 7) is 2.09. The van der Waals surface area contributed by atoms with Crippen LogP contribution in [0, 0.1) is 0 Å². The lowest BCUT2D eigenvalue weighted by molar-refractivity contribution is 0.144. The Bertz CT molecular complexity index is 1620. The van der Waals surface area contributed by atoms with Gasteiger partial charge in [-0.05, 0) is 53.9 Å². The second kappa shape index (κ2) is 9.87. The van der Waals surface area contributed by atoms with Gasteiger partial charge in [0.25, 0.3) is 0 Å². The quantitative estimate of drug-likeness (QED) is 0.127. The van der Waals surface area contributed by atoms with Gasteiger partial charge in [0.1, 0.15) is 11.4 Å². The first-order chi connectivity index (χ1) is 18.0. The van der Waals surface area contributed by atoms with Gasteiger partial charge < -0.3 is 20.1 Å². The van der Waals surface area contributed by atoms with Gasteiger partial charge in [0.05, 0.1) is 5.52 Å². The summed E-state index contributed by atoms with van der Waals surface area (Å²) in [5.74, 6) is 0.0122. The average Bonchev–Trinajstić information content (AvgIpc) is 3.19. The van der Waals surface area contributed by atoms with Gasteiger partial charge in [-0.2, -0.15) is 0 Å². The molecule has 0 aliphatic carbocycles. The maximum atomic E-state index is 11.2. The molecule has 8 nitrogen and oxygen atoms in total. The number of aryl methyl sites for hydroxylation is 1. The zero-order valence-electron chi connectivity index (χ0n) is 19.9. The molecule has 0 bridgehead atoms. The van der Waals surface area contributed by atoms with E-state index in [0.29, 0.717) is 16.5 Å². The molecule has 1 heterocycles. The van der Waals surface area contributed by atoms with Gasteiger partial charge in [-0.15, -0.1) is 10.2 Å². The second-order valence-electron chi connectivity index (χ2n) is 8.31. The standard InChI is InChI=1S/C29H23N3O5/c1-2-18-10-14-20(15-11-18)32-25-9-4-3-6-23(25)26(28(32)34)31-30-24-8-5-7-22(27(24)33)19-12-16-21(17-13-19)37-29(35)36/h3-17,33-34H,2H2,1H3,(H,35,36). The molecule has 8 heteroatoms. The van der Waals surface area contributed by atoms with Gasteiger partial charge in [-0.1, -0.05) is 61.5 Å². The van der Waals surface area contributed by atoms with Crippen LogP contribution in [0.2, 0.25) is 0 Å². The first kappa shape index (κ1) is 23.6. The fraction of sp³-hybridized carbons (Fsp3) is 0.0690. The molecule has 0 aliphatic heterocycles. The van der Waals surface area contributed by atoms with Crippen molar-refractivity contribution in [1.82, 2.24) is 4.57 Å². The van der Waals surface area contributed by atoms with Crippen molar-refractivity contribution in [2.45, 2.75) is 13.3 Å². The molecule has 0 saturated heterocycles. The molecule has 0 radical (unpaired) electrons. The molecule has 0 amide bonds. The number of azo groups is 1. The monoisotopic (exact) mass is 493 g/mol. The zero-order valence-corrected chi connectivity index (χ0v) is 19.9. The Balaban J connectivity index is 1.53. The Labute approximate surface area is 212 Å². The number of benzene rings is 4. The average molecular weight is 494 g/mol. The number of phenolic OH excluding ortho intramolecular Hbond substituents is 1. The molecule has 37 heavy (non-hydrogen) atoms. The van der Waals surface area contributed by atoms with Crippen LogP contribution in [-0.4, -0.2) is 26.0 Å². The van der Waals surface area contributed by atoms with Gasteiger partial charge in [0.2, 0.25) is 5.88 Å². The number of para-hydroxylation sites is 2. The predicted molar refractivity (Wildman–Crippen MR) is 141 cm³/mol. The molecule has 5 aromatic rings. The van der Waals surface area contributed by atoms with Gasteiger partial charge in [-0.25, -0.2) is 4.79 Å². The Morgan fingerprint density at radius 3 is 2.30 bits per heavy atom. The number of carboxylic acid groups (broad SMARTS) is 1. The number of fused-ring (bicyclic) bond motifs is 1. The van der Waals surface area contributed by atoms with E-state index in [4.69, 9.17) is 5.11 Å². The number of carbonyl (C=O) groups is 1. The molecule has 0 saturated carbocycles. The summed E-state index contributed by atoms with van der Waals surface area (Å²) in [7, 11) is 0. The maximum absolute atomic E-state index is 11.2. The lowest BCUT2D eigenvalue weighted by Gasteiger charge is -2.08. The SMILES string of the molecule is CCc1ccc(-n2c(O)c(N=Nc3cccc(-c4ccc(OC(=O)O)cc4)c3O)c3ccccc32)cc1. The maximum Gasteiger partial charge on any atom is 0.511 e. The van der Waals surface area contributed by atoms with E-state index in [1.54, 1.807) is 34.9 Å². The van der Waals surface area contributed by atoms with E-state index in [9.17, 15) is 15.0 Å². The topological polar surface area (TPSA) is 117 Å². The van der Waals surface area contributed by atoms with Crippen LogP contribution < -0.4 is 4.74 Å². The summed E-state index contributed by atoms with van der Waals surface area (Å²) in [6, 6.07) is 26.8. The molecular weight excluding hydrogens is 470 g/mol. The van der Waals surface area contributed by atoms with Gasteiger partial charge in [-0.3, -0.25) is 4.57 Å². The third-order valence-corrected chi connectivity index (χ3v) is 6.07. The molecule has 3 N–H and O–H groups in total. The fourth-order valence-corrected chi connectivity index (χ4v) is 4.20. The minimum absolute atomic E-state index is 0.0566. The Morgan fingerprint density at radius 1 is 0.865 bits per heavy atom. The second-order valence-corrected chi connectivity index (χ2v) is 8.31. The van der Waals surface area contributed by atoms with E-state index in [0.717, 1.165) is 17.6 Å². The van der Waals surface area contributed by atoms with Crippen LogP contribution in [0.3, 0.4) is 0 Å². The van der Waals surface area contributed by atoms with Gasteiger partial charge >= 0.3 is 6.16 Å². The van der Waals surface area contributed by atoms with Crippen LogP contribution in [0.4, 0.5) is 16.2 Å². The smallest absolute Gasteiger partial charge is 0.505 e. The Hall–Kier alpha value is -5.11. The highest BCUT2D eigenvalue weighted by Crippen LogP contribution is 2.43. The van der Waals surface area contributed by atoms with E-state index >= 15 is 0 Å². The lowest BCUT2D eigenvalue weighted by atomic mass is 10.0. The van der Waals surface area contributed by atoms with Crippen LogP contribution in [-0.2, 0) is 6.42 Å². The van der Waals surface area contributed by atoms with Crippen molar-refractivity contribution >= 4 is 28.4 Å². The number of aromatic nitrogens is 1. The van der Waals surface area contributed by atoms with E-state index in [2.05, 4.69) is 21.9 Å². The number of hydrogen-bond donors (Lipinski definition) is 3. The number of aromatic hydroxyl groups is 2. The highest BCUT2D eigenvalue weighted by atomic mass is 16.7. The largest absolute Gasteiger partial charge is 0.511 e. The van der Waals surface area contributed by atoms with Gasteiger partial charge in [0.15, 0.2) is 11.4 Å². The summed E-state index contributed by atoms with van der Waals surface area (Å²) >= 11 is 0. The molecule has 0 spiro atoms. The number of ether oxygens (including phenoxy) is 1. The zero-order chi connectivity index (χ0) is 25.9. The molecule has 0 atom stereocenters. The van der Waals surface area contributed by atoms with E-state index < -0.39 is 6.16 Å². The molecule has 0 unspecified atom stereocenters. The van der Waals surface area contributed by atoms with Crippen molar-refractivity contribution in [2.75, 3.05) is 0 Å². The molecule has 184 valence electrons. The van der Waals surface area contributed by atoms with Gasteiger partial charge in [0, 0.05) is 16.6 Å². The van der Waals surface area contributed by atoms with Crippen molar-refractivity contribution in [3.8, 4) is 34.2 Å². The van der Waals surface area contributed by atoms with Crippen LogP contribution in [0.1, 0.15) is 12.5 Å². The van der Waals surface area contributed by atoms with Crippen molar-refractivity contribution < 1.29 is 24.9 Å². The molecule has 0 aliphatic rings. The number of phenols is 1. The van der Waals surface area contributed by atoms with Crippen molar-refractivity contribution in [1.29, 1.82) is 0 Å². The Morgan fingerprint density at radius 2 is 1.59 bits per heavy atom. The minimum atomic E-state index is -1.40. The van der Waals surface area contributed by atoms with Crippen molar-refractivity contribution in [2.24, 2.45) is 10.2 Å². The fourth-order valence-electron chi connectivity index (χ4n) is 4.20. The number of hydrogen-bond acceptors (Lipinski definition) is 6. The van der Waals surface area contributed by atoms with Crippen LogP contribution in [0.5, 0.6) is 17.4 Å². The summed E-state index contributed by atoms with van der Waals surface area (Å²) in [5, 5.41) is 40.1. The van der Waals surface area contributed by atoms with Crippen molar-refractivity contribution in [3.63, 3.8) is 0 Å².